The SMILES string of the molecule is Cc1cccc(CCn2nc(OCc3ccccc3)c(=O)[nH]c2=O)c1. The highest BCUT2D eigenvalue weighted by atomic mass is 16.5. The first-order valence-corrected chi connectivity index (χ1v) is 8.05. The van der Waals surface area contributed by atoms with Gasteiger partial charge in [-0.3, -0.25) is 9.78 Å². The second-order valence-corrected chi connectivity index (χ2v) is 5.80. The molecule has 128 valence electrons. The zero-order chi connectivity index (χ0) is 17.6. The molecule has 0 bridgehead atoms. The van der Waals surface area contributed by atoms with Crippen LogP contribution in [0.15, 0.2) is 64.2 Å². The Balaban J connectivity index is 1.73. The molecule has 0 saturated heterocycles. The van der Waals surface area contributed by atoms with Gasteiger partial charge in [-0.2, -0.15) is 0 Å². The molecule has 0 saturated carbocycles. The lowest BCUT2D eigenvalue weighted by molar-refractivity contribution is 0.275. The molecule has 3 aromatic rings. The molecule has 3 rings (SSSR count). The van der Waals surface area contributed by atoms with Gasteiger partial charge < -0.3 is 4.74 Å². The van der Waals surface area contributed by atoms with Crippen molar-refractivity contribution < 1.29 is 4.74 Å². The van der Waals surface area contributed by atoms with Gasteiger partial charge in [-0.05, 0) is 24.5 Å². The Bertz CT molecular complexity index is 961. The normalized spacial score (nSPS) is 10.6. The summed E-state index contributed by atoms with van der Waals surface area (Å²) in [5.74, 6) is -0.104. The number of H-pyrrole nitrogens is 1. The van der Waals surface area contributed by atoms with Crippen molar-refractivity contribution in [3.05, 3.63) is 92.1 Å². The minimum Gasteiger partial charge on any atom is -0.468 e. The van der Waals surface area contributed by atoms with E-state index in [1.54, 1.807) is 0 Å². The predicted molar refractivity (Wildman–Crippen MR) is 94.8 cm³/mol. The Morgan fingerprint density at radius 2 is 1.80 bits per heavy atom. The van der Waals surface area contributed by atoms with Crippen molar-refractivity contribution in [2.75, 3.05) is 0 Å². The van der Waals surface area contributed by atoms with Crippen molar-refractivity contribution in [3.63, 3.8) is 0 Å². The van der Waals surface area contributed by atoms with Crippen molar-refractivity contribution in [2.24, 2.45) is 0 Å². The molecule has 1 heterocycles. The summed E-state index contributed by atoms with van der Waals surface area (Å²) in [4.78, 5) is 26.1. The quantitative estimate of drug-likeness (QED) is 0.747. The van der Waals surface area contributed by atoms with E-state index in [2.05, 4.69) is 16.1 Å². The first kappa shape index (κ1) is 16.7. The van der Waals surface area contributed by atoms with Gasteiger partial charge in [0.25, 0.3) is 5.88 Å². The van der Waals surface area contributed by atoms with Gasteiger partial charge >= 0.3 is 11.2 Å². The number of aryl methyl sites for hydroxylation is 3. The average Bonchev–Trinajstić information content (AvgIpc) is 2.61. The zero-order valence-corrected chi connectivity index (χ0v) is 13.9. The molecule has 1 aromatic heterocycles. The molecule has 0 atom stereocenters. The van der Waals surface area contributed by atoms with Crippen LogP contribution in [0.4, 0.5) is 0 Å². The smallest absolute Gasteiger partial charge is 0.344 e. The van der Waals surface area contributed by atoms with Crippen LogP contribution in [0.2, 0.25) is 0 Å². The molecular formula is C19H19N3O3. The van der Waals surface area contributed by atoms with Crippen LogP contribution in [-0.4, -0.2) is 14.8 Å². The van der Waals surface area contributed by atoms with Gasteiger partial charge in [-0.1, -0.05) is 60.2 Å². The Kier molecular flexibility index (Phi) is 5.09. The first-order valence-electron chi connectivity index (χ1n) is 8.05. The number of nitrogens with zero attached hydrogens (tertiary/aromatic N) is 2. The Labute approximate surface area is 144 Å². The van der Waals surface area contributed by atoms with Crippen molar-refractivity contribution in [2.45, 2.75) is 26.5 Å². The summed E-state index contributed by atoms with van der Waals surface area (Å²) in [5, 5.41) is 4.06. The fourth-order valence-corrected chi connectivity index (χ4v) is 2.49. The third-order valence-corrected chi connectivity index (χ3v) is 3.77. The van der Waals surface area contributed by atoms with Crippen LogP contribution in [0, 0.1) is 6.92 Å². The molecule has 0 unspecified atom stereocenters. The molecular weight excluding hydrogens is 318 g/mol. The van der Waals surface area contributed by atoms with Crippen LogP contribution in [0.1, 0.15) is 16.7 Å². The monoisotopic (exact) mass is 337 g/mol. The minimum absolute atomic E-state index is 0.104. The third kappa shape index (κ3) is 4.44. The first-order chi connectivity index (χ1) is 12.1. The average molecular weight is 337 g/mol. The van der Waals surface area contributed by atoms with Crippen molar-refractivity contribution in [3.8, 4) is 5.88 Å². The van der Waals surface area contributed by atoms with E-state index < -0.39 is 11.2 Å². The lowest BCUT2D eigenvalue weighted by Crippen LogP contribution is -2.33. The fourth-order valence-electron chi connectivity index (χ4n) is 2.49. The summed E-state index contributed by atoms with van der Waals surface area (Å²) in [6.07, 6.45) is 0.638. The van der Waals surface area contributed by atoms with Gasteiger partial charge in [-0.15, -0.1) is 5.10 Å². The highest BCUT2D eigenvalue weighted by Gasteiger charge is 2.08. The maximum Gasteiger partial charge on any atom is 0.344 e. The summed E-state index contributed by atoms with van der Waals surface area (Å²) in [6, 6.07) is 17.5. The number of aromatic nitrogens is 3. The number of benzene rings is 2. The summed E-state index contributed by atoms with van der Waals surface area (Å²) in [5.41, 5.74) is 2.02. The Morgan fingerprint density at radius 3 is 2.56 bits per heavy atom. The van der Waals surface area contributed by atoms with Gasteiger partial charge in [0, 0.05) is 0 Å². The van der Waals surface area contributed by atoms with E-state index >= 15 is 0 Å². The van der Waals surface area contributed by atoms with Crippen molar-refractivity contribution >= 4 is 0 Å². The molecule has 0 radical (unpaired) electrons. The molecule has 1 N–H and O–H groups in total. The van der Waals surface area contributed by atoms with Crippen LogP contribution in [0.5, 0.6) is 5.88 Å². The Hall–Kier alpha value is -3.15. The van der Waals surface area contributed by atoms with Crippen LogP contribution in [0.3, 0.4) is 0 Å². The molecule has 0 aliphatic rings. The number of nitrogens with one attached hydrogen (secondary N) is 1. The van der Waals surface area contributed by atoms with E-state index in [4.69, 9.17) is 4.74 Å². The lowest BCUT2D eigenvalue weighted by atomic mass is 10.1. The standard InChI is InChI=1S/C19H19N3O3/c1-14-6-5-9-15(12-14)10-11-22-19(24)20-17(23)18(21-22)25-13-16-7-3-2-4-8-16/h2-9,12H,10-11,13H2,1H3,(H,20,23,24). The second-order valence-electron chi connectivity index (χ2n) is 5.80. The van der Waals surface area contributed by atoms with Crippen molar-refractivity contribution in [1.29, 1.82) is 0 Å². The largest absolute Gasteiger partial charge is 0.468 e. The van der Waals surface area contributed by atoms with E-state index in [9.17, 15) is 9.59 Å². The predicted octanol–water partition coefficient (Wildman–Crippen LogP) is 2.06. The number of hydrogen-bond acceptors (Lipinski definition) is 4. The zero-order valence-electron chi connectivity index (χ0n) is 13.9. The summed E-state index contributed by atoms with van der Waals surface area (Å²) in [7, 11) is 0. The molecule has 6 heteroatoms. The van der Waals surface area contributed by atoms with Gasteiger partial charge in [-0.25, -0.2) is 9.48 Å². The lowest BCUT2D eigenvalue weighted by Gasteiger charge is -2.08. The molecule has 0 fully saturated rings. The van der Waals surface area contributed by atoms with E-state index in [0.29, 0.717) is 13.0 Å². The molecule has 0 spiro atoms. The summed E-state index contributed by atoms with van der Waals surface area (Å²) < 4.78 is 6.70. The minimum atomic E-state index is -0.618. The highest BCUT2D eigenvalue weighted by molar-refractivity contribution is 5.22. The maximum absolute atomic E-state index is 11.9. The Morgan fingerprint density at radius 1 is 1.04 bits per heavy atom. The number of rotatable bonds is 6. The van der Waals surface area contributed by atoms with E-state index in [0.717, 1.165) is 16.7 Å². The van der Waals surface area contributed by atoms with E-state index in [-0.39, 0.29) is 12.5 Å². The molecule has 25 heavy (non-hydrogen) atoms. The number of ether oxygens (including phenoxy) is 1. The van der Waals surface area contributed by atoms with E-state index in [1.807, 2.05) is 55.5 Å². The van der Waals surface area contributed by atoms with Gasteiger partial charge in [0.05, 0.1) is 6.54 Å². The number of hydrogen-bond donors (Lipinski definition) is 1. The highest BCUT2D eigenvalue weighted by Crippen LogP contribution is 2.06. The van der Waals surface area contributed by atoms with Crippen LogP contribution in [-0.2, 0) is 19.6 Å². The van der Waals surface area contributed by atoms with Crippen LogP contribution in [0.25, 0.3) is 0 Å². The second kappa shape index (κ2) is 7.61. The van der Waals surface area contributed by atoms with Gasteiger partial charge in [0.15, 0.2) is 0 Å². The summed E-state index contributed by atoms with van der Waals surface area (Å²) in [6.45, 7) is 2.59. The third-order valence-electron chi connectivity index (χ3n) is 3.77. The van der Waals surface area contributed by atoms with Gasteiger partial charge in [0.1, 0.15) is 6.61 Å². The van der Waals surface area contributed by atoms with Crippen LogP contribution >= 0.6 is 0 Å². The topological polar surface area (TPSA) is 77.0 Å². The number of aromatic amines is 1. The van der Waals surface area contributed by atoms with Crippen molar-refractivity contribution in [1.82, 2.24) is 14.8 Å². The molecule has 6 nitrogen and oxygen atoms in total. The molecule has 0 aliphatic heterocycles. The maximum atomic E-state index is 11.9. The van der Waals surface area contributed by atoms with E-state index in [1.165, 1.54) is 4.68 Å². The van der Waals surface area contributed by atoms with Gasteiger partial charge in [0.2, 0.25) is 0 Å². The fraction of sp³-hybridized carbons (Fsp3) is 0.211. The van der Waals surface area contributed by atoms with Crippen LogP contribution < -0.4 is 16.0 Å². The summed E-state index contributed by atoms with van der Waals surface area (Å²) >= 11 is 0. The molecule has 0 aliphatic carbocycles. The molecule has 0 amide bonds. The molecule has 2 aromatic carbocycles.